The van der Waals surface area contributed by atoms with Crippen molar-refractivity contribution in [3.8, 4) is 0 Å². The SMILES string of the molecule is CC1CCCCC1Nc1cccc(F)c1N. The second-order valence-corrected chi connectivity index (χ2v) is 4.71. The fourth-order valence-corrected chi connectivity index (χ4v) is 2.39. The van der Waals surface area contributed by atoms with Crippen molar-refractivity contribution in [1.82, 2.24) is 0 Å². The molecule has 0 radical (unpaired) electrons. The molecule has 3 heteroatoms. The third-order valence-corrected chi connectivity index (χ3v) is 3.51. The quantitative estimate of drug-likeness (QED) is 0.753. The highest BCUT2D eigenvalue weighted by atomic mass is 19.1. The summed E-state index contributed by atoms with van der Waals surface area (Å²) in [7, 11) is 0. The lowest BCUT2D eigenvalue weighted by atomic mass is 9.86. The molecular weight excluding hydrogens is 203 g/mol. The Morgan fingerprint density at radius 3 is 2.81 bits per heavy atom. The summed E-state index contributed by atoms with van der Waals surface area (Å²) in [5, 5.41) is 3.37. The molecule has 2 rings (SSSR count). The first-order chi connectivity index (χ1) is 7.68. The first-order valence-corrected chi connectivity index (χ1v) is 5.99. The molecule has 0 bridgehead atoms. The summed E-state index contributed by atoms with van der Waals surface area (Å²) in [6.45, 7) is 2.24. The molecule has 88 valence electrons. The number of hydrogen-bond acceptors (Lipinski definition) is 2. The molecule has 2 atom stereocenters. The Labute approximate surface area is 96.0 Å². The van der Waals surface area contributed by atoms with E-state index in [-0.39, 0.29) is 11.5 Å². The van der Waals surface area contributed by atoms with Crippen molar-refractivity contribution in [2.75, 3.05) is 11.1 Å². The van der Waals surface area contributed by atoms with Gasteiger partial charge in [-0.25, -0.2) is 4.39 Å². The Bertz CT molecular complexity index is 365. The molecule has 2 nitrogen and oxygen atoms in total. The predicted molar refractivity (Wildman–Crippen MR) is 65.9 cm³/mol. The van der Waals surface area contributed by atoms with Crippen LogP contribution in [0.1, 0.15) is 32.6 Å². The predicted octanol–water partition coefficient (Wildman–Crippen LogP) is 3.40. The van der Waals surface area contributed by atoms with Gasteiger partial charge in [0, 0.05) is 6.04 Å². The first kappa shape index (κ1) is 11.2. The largest absolute Gasteiger partial charge is 0.395 e. The van der Waals surface area contributed by atoms with Gasteiger partial charge in [0.1, 0.15) is 5.82 Å². The number of para-hydroxylation sites is 1. The van der Waals surface area contributed by atoms with E-state index in [1.807, 2.05) is 6.07 Å². The van der Waals surface area contributed by atoms with Gasteiger partial charge in [-0.15, -0.1) is 0 Å². The molecule has 1 aromatic carbocycles. The van der Waals surface area contributed by atoms with Crippen LogP contribution < -0.4 is 11.1 Å². The van der Waals surface area contributed by atoms with Gasteiger partial charge in [0.05, 0.1) is 11.4 Å². The number of nitrogens with two attached hydrogens (primary N) is 1. The highest BCUT2D eigenvalue weighted by molar-refractivity contribution is 5.66. The molecule has 1 aromatic rings. The van der Waals surface area contributed by atoms with E-state index in [0.717, 1.165) is 12.1 Å². The molecule has 0 aliphatic heterocycles. The van der Waals surface area contributed by atoms with E-state index in [9.17, 15) is 4.39 Å². The fraction of sp³-hybridized carbons (Fsp3) is 0.538. The topological polar surface area (TPSA) is 38.0 Å². The van der Waals surface area contributed by atoms with E-state index in [1.165, 1.54) is 25.3 Å². The molecule has 0 heterocycles. The molecule has 0 amide bonds. The Morgan fingerprint density at radius 2 is 2.06 bits per heavy atom. The van der Waals surface area contributed by atoms with Gasteiger partial charge in [0.15, 0.2) is 0 Å². The highest BCUT2D eigenvalue weighted by Gasteiger charge is 2.21. The van der Waals surface area contributed by atoms with Crippen LogP contribution in [0.25, 0.3) is 0 Å². The number of halogens is 1. The van der Waals surface area contributed by atoms with Crippen LogP contribution >= 0.6 is 0 Å². The van der Waals surface area contributed by atoms with E-state index in [1.54, 1.807) is 6.07 Å². The minimum absolute atomic E-state index is 0.236. The fourth-order valence-electron chi connectivity index (χ4n) is 2.39. The van der Waals surface area contributed by atoms with Crippen molar-refractivity contribution in [2.24, 2.45) is 5.92 Å². The zero-order valence-electron chi connectivity index (χ0n) is 9.67. The van der Waals surface area contributed by atoms with Crippen molar-refractivity contribution in [3.05, 3.63) is 24.0 Å². The summed E-state index contributed by atoms with van der Waals surface area (Å²) in [4.78, 5) is 0. The third-order valence-electron chi connectivity index (χ3n) is 3.51. The summed E-state index contributed by atoms with van der Waals surface area (Å²) in [6, 6.07) is 5.37. The van der Waals surface area contributed by atoms with Crippen LogP contribution in [-0.2, 0) is 0 Å². The molecule has 0 saturated heterocycles. The zero-order valence-corrected chi connectivity index (χ0v) is 9.67. The molecule has 0 aromatic heterocycles. The van der Waals surface area contributed by atoms with Crippen molar-refractivity contribution < 1.29 is 4.39 Å². The third kappa shape index (κ3) is 2.29. The Hall–Kier alpha value is -1.25. The smallest absolute Gasteiger partial charge is 0.148 e. The molecule has 1 aliphatic carbocycles. The Kier molecular flexibility index (Phi) is 3.32. The van der Waals surface area contributed by atoms with Gasteiger partial charge in [-0.05, 0) is 30.9 Å². The lowest BCUT2D eigenvalue weighted by Gasteiger charge is -2.30. The van der Waals surface area contributed by atoms with Gasteiger partial charge < -0.3 is 11.1 Å². The average molecular weight is 222 g/mol. The normalized spacial score (nSPS) is 25.4. The Balaban J connectivity index is 2.10. The number of benzene rings is 1. The van der Waals surface area contributed by atoms with Gasteiger partial charge in [-0.2, -0.15) is 0 Å². The van der Waals surface area contributed by atoms with Crippen LogP contribution in [0.5, 0.6) is 0 Å². The van der Waals surface area contributed by atoms with Gasteiger partial charge in [-0.3, -0.25) is 0 Å². The number of nitrogen functional groups attached to an aromatic ring is 1. The first-order valence-electron chi connectivity index (χ1n) is 5.99. The zero-order chi connectivity index (χ0) is 11.5. The van der Waals surface area contributed by atoms with Crippen LogP contribution in [0.15, 0.2) is 18.2 Å². The summed E-state index contributed by atoms with van der Waals surface area (Å²) in [5.41, 5.74) is 6.68. The molecule has 1 saturated carbocycles. The second kappa shape index (κ2) is 4.73. The lowest BCUT2D eigenvalue weighted by molar-refractivity contribution is 0.349. The van der Waals surface area contributed by atoms with Crippen LogP contribution in [0.4, 0.5) is 15.8 Å². The molecule has 0 spiro atoms. The number of hydrogen-bond donors (Lipinski definition) is 2. The Morgan fingerprint density at radius 1 is 1.31 bits per heavy atom. The van der Waals surface area contributed by atoms with E-state index in [4.69, 9.17) is 5.73 Å². The molecule has 1 fully saturated rings. The van der Waals surface area contributed by atoms with Gasteiger partial charge in [0.25, 0.3) is 0 Å². The number of nitrogens with one attached hydrogen (secondary N) is 1. The van der Waals surface area contributed by atoms with Crippen molar-refractivity contribution in [1.29, 1.82) is 0 Å². The minimum atomic E-state index is -0.339. The average Bonchev–Trinajstić information content (AvgIpc) is 2.28. The van der Waals surface area contributed by atoms with Gasteiger partial charge >= 0.3 is 0 Å². The molecular formula is C13H19FN2. The summed E-state index contributed by atoms with van der Waals surface area (Å²) in [5.74, 6) is 0.296. The summed E-state index contributed by atoms with van der Waals surface area (Å²) in [6.07, 6.45) is 4.94. The maximum atomic E-state index is 13.3. The maximum absolute atomic E-state index is 13.3. The van der Waals surface area contributed by atoms with Crippen LogP contribution in [0.2, 0.25) is 0 Å². The minimum Gasteiger partial charge on any atom is -0.395 e. The molecule has 1 aliphatic rings. The monoisotopic (exact) mass is 222 g/mol. The van der Waals surface area contributed by atoms with Crippen LogP contribution in [0, 0.1) is 11.7 Å². The van der Waals surface area contributed by atoms with E-state index < -0.39 is 0 Å². The van der Waals surface area contributed by atoms with Gasteiger partial charge in [0.2, 0.25) is 0 Å². The summed E-state index contributed by atoms with van der Waals surface area (Å²) < 4.78 is 13.3. The number of anilines is 2. The van der Waals surface area contributed by atoms with Crippen molar-refractivity contribution in [3.63, 3.8) is 0 Å². The number of rotatable bonds is 2. The van der Waals surface area contributed by atoms with Crippen LogP contribution in [0.3, 0.4) is 0 Å². The van der Waals surface area contributed by atoms with E-state index >= 15 is 0 Å². The molecule has 3 N–H and O–H groups in total. The van der Waals surface area contributed by atoms with Crippen molar-refractivity contribution in [2.45, 2.75) is 38.6 Å². The maximum Gasteiger partial charge on any atom is 0.148 e. The molecule has 2 unspecified atom stereocenters. The van der Waals surface area contributed by atoms with E-state index in [0.29, 0.717) is 12.0 Å². The lowest BCUT2D eigenvalue weighted by Crippen LogP contribution is -2.30. The molecule has 16 heavy (non-hydrogen) atoms. The van der Waals surface area contributed by atoms with Gasteiger partial charge in [-0.1, -0.05) is 25.8 Å². The van der Waals surface area contributed by atoms with Crippen molar-refractivity contribution >= 4 is 11.4 Å². The van der Waals surface area contributed by atoms with Crippen LogP contribution in [-0.4, -0.2) is 6.04 Å². The summed E-state index contributed by atoms with van der Waals surface area (Å²) >= 11 is 0. The highest BCUT2D eigenvalue weighted by Crippen LogP contribution is 2.29. The standard InChI is InChI=1S/C13H19FN2/c1-9-5-2-3-7-11(9)16-12-8-4-6-10(14)13(12)15/h4,6,8-9,11,16H,2-3,5,7,15H2,1H3. The second-order valence-electron chi connectivity index (χ2n) is 4.71. The van der Waals surface area contributed by atoms with E-state index in [2.05, 4.69) is 12.2 Å².